The lowest BCUT2D eigenvalue weighted by atomic mass is 9.43. The topological polar surface area (TPSA) is 57.2 Å². The van der Waals surface area contributed by atoms with Crippen LogP contribution in [-0.2, 0) is 18.9 Å². The van der Waals surface area contributed by atoms with E-state index in [1.807, 2.05) is 0 Å². The summed E-state index contributed by atoms with van der Waals surface area (Å²) >= 11 is 0. The summed E-state index contributed by atoms with van der Waals surface area (Å²) in [5, 5.41) is 10.1. The lowest BCUT2D eigenvalue weighted by Crippen LogP contribution is -2.59. The third-order valence-electron chi connectivity index (χ3n) is 10.6. The first-order valence-corrected chi connectivity index (χ1v) is 12.2. The van der Waals surface area contributed by atoms with Crippen LogP contribution in [0, 0.1) is 34.5 Å². The van der Waals surface area contributed by atoms with Gasteiger partial charge in [-0.15, -0.1) is 0 Å². The predicted octanol–water partition coefficient (Wildman–Crippen LogP) is 3.88. The summed E-state index contributed by atoms with van der Waals surface area (Å²) in [5.41, 5.74) is 0.429. The Morgan fingerprint density at radius 1 is 0.793 bits per heavy atom. The second kappa shape index (κ2) is 6.65. The van der Waals surface area contributed by atoms with Gasteiger partial charge in [-0.3, -0.25) is 0 Å². The van der Waals surface area contributed by atoms with E-state index in [-0.39, 0.29) is 22.4 Å². The highest BCUT2D eigenvalue weighted by molar-refractivity contribution is 5.14. The molecule has 6 fully saturated rings. The SMILES string of the molecule is C[C@]12CC[C@H]3[C@@H](CC[C@@H]4CC5(CC[C@@]43CCO)OCCO5)[C@@H]1CCC21OCCO1. The molecule has 0 radical (unpaired) electrons. The van der Waals surface area contributed by atoms with Crippen molar-refractivity contribution in [3.8, 4) is 0 Å². The maximum atomic E-state index is 10.1. The maximum Gasteiger partial charge on any atom is 0.174 e. The molecule has 0 amide bonds. The highest BCUT2D eigenvalue weighted by atomic mass is 16.7. The minimum atomic E-state index is -0.317. The average Bonchev–Trinajstić information content (AvgIpc) is 3.44. The van der Waals surface area contributed by atoms with Crippen LogP contribution in [0.15, 0.2) is 0 Å². The zero-order valence-electron chi connectivity index (χ0n) is 18.0. The van der Waals surface area contributed by atoms with Crippen molar-refractivity contribution in [2.45, 2.75) is 82.7 Å². The minimum absolute atomic E-state index is 0.158. The molecular weight excluding hydrogens is 368 g/mol. The monoisotopic (exact) mass is 406 g/mol. The van der Waals surface area contributed by atoms with Gasteiger partial charge in [0.1, 0.15) is 0 Å². The van der Waals surface area contributed by atoms with E-state index < -0.39 is 0 Å². The molecular formula is C24H38O5. The van der Waals surface area contributed by atoms with Gasteiger partial charge < -0.3 is 24.1 Å². The molecule has 0 aromatic rings. The third-order valence-corrected chi connectivity index (χ3v) is 10.6. The molecule has 0 unspecified atom stereocenters. The zero-order chi connectivity index (χ0) is 19.7. The summed E-state index contributed by atoms with van der Waals surface area (Å²) in [6, 6.07) is 0. The molecule has 2 spiro atoms. The van der Waals surface area contributed by atoms with E-state index in [0.717, 1.165) is 70.4 Å². The molecule has 4 saturated carbocycles. The molecule has 2 saturated heterocycles. The van der Waals surface area contributed by atoms with Gasteiger partial charge in [-0.2, -0.15) is 0 Å². The Hall–Kier alpha value is -0.200. The lowest BCUT2D eigenvalue weighted by Gasteiger charge is -2.63. The molecule has 5 heteroatoms. The Labute approximate surface area is 174 Å². The molecule has 6 aliphatic rings. The Morgan fingerprint density at radius 2 is 1.52 bits per heavy atom. The van der Waals surface area contributed by atoms with Crippen LogP contribution in [0.4, 0.5) is 0 Å². The van der Waals surface area contributed by atoms with Crippen molar-refractivity contribution in [1.29, 1.82) is 0 Å². The highest BCUT2D eigenvalue weighted by Gasteiger charge is 2.68. The molecule has 2 aliphatic heterocycles. The summed E-state index contributed by atoms with van der Waals surface area (Å²) < 4.78 is 24.8. The fraction of sp³-hybridized carbons (Fsp3) is 1.00. The maximum absolute atomic E-state index is 10.1. The van der Waals surface area contributed by atoms with Crippen LogP contribution in [0.5, 0.6) is 0 Å². The van der Waals surface area contributed by atoms with E-state index in [1.54, 1.807) is 0 Å². The Kier molecular flexibility index (Phi) is 4.47. The smallest absolute Gasteiger partial charge is 0.174 e. The Morgan fingerprint density at radius 3 is 2.28 bits per heavy atom. The van der Waals surface area contributed by atoms with Crippen molar-refractivity contribution in [3.63, 3.8) is 0 Å². The number of hydrogen-bond donors (Lipinski definition) is 1. The number of aliphatic hydroxyl groups excluding tert-OH is 1. The molecule has 4 aliphatic carbocycles. The highest BCUT2D eigenvalue weighted by Crippen LogP contribution is 2.71. The van der Waals surface area contributed by atoms with Crippen LogP contribution in [0.3, 0.4) is 0 Å². The summed E-state index contributed by atoms with van der Waals surface area (Å²) in [4.78, 5) is 0. The molecule has 6 atom stereocenters. The van der Waals surface area contributed by atoms with E-state index in [4.69, 9.17) is 18.9 Å². The quantitative estimate of drug-likeness (QED) is 0.754. The van der Waals surface area contributed by atoms with Crippen LogP contribution in [-0.4, -0.2) is 49.7 Å². The summed E-state index contributed by atoms with van der Waals surface area (Å²) in [7, 11) is 0. The van der Waals surface area contributed by atoms with Gasteiger partial charge in [-0.25, -0.2) is 0 Å². The summed E-state index contributed by atoms with van der Waals surface area (Å²) in [6.45, 7) is 5.78. The first kappa shape index (κ1) is 19.5. The number of fused-ring (bicyclic) bond motifs is 6. The van der Waals surface area contributed by atoms with E-state index in [9.17, 15) is 5.11 Å². The van der Waals surface area contributed by atoms with Crippen LogP contribution in [0.2, 0.25) is 0 Å². The van der Waals surface area contributed by atoms with Crippen molar-refractivity contribution in [1.82, 2.24) is 0 Å². The van der Waals surface area contributed by atoms with Gasteiger partial charge in [0.2, 0.25) is 0 Å². The van der Waals surface area contributed by atoms with Crippen molar-refractivity contribution >= 4 is 0 Å². The molecule has 0 bridgehead atoms. The first-order chi connectivity index (χ1) is 14.1. The van der Waals surface area contributed by atoms with Crippen molar-refractivity contribution < 1.29 is 24.1 Å². The molecule has 2 heterocycles. The third kappa shape index (κ3) is 2.51. The standard InChI is InChI=1S/C24H38O5/c1-21-6-4-20-18(19(21)5-7-24(21)28-14-15-29-24)3-2-17-16-23(26-12-13-27-23)9-8-22(17,20)10-11-25/h17-20,25H,2-16H2,1H3/t17-,18+,19+,20+,21+,22-/m1/s1. The van der Waals surface area contributed by atoms with Crippen LogP contribution in [0.25, 0.3) is 0 Å². The summed E-state index contributed by atoms with van der Waals surface area (Å²) in [5.74, 6) is 2.17. The minimum Gasteiger partial charge on any atom is -0.396 e. The van der Waals surface area contributed by atoms with Gasteiger partial charge in [0, 0.05) is 31.3 Å². The van der Waals surface area contributed by atoms with Crippen LogP contribution >= 0.6 is 0 Å². The number of ether oxygens (including phenoxy) is 4. The molecule has 0 aromatic carbocycles. The average molecular weight is 407 g/mol. The van der Waals surface area contributed by atoms with Gasteiger partial charge in [0.05, 0.1) is 26.4 Å². The fourth-order valence-electron chi connectivity index (χ4n) is 9.35. The fourth-order valence-corrected chi connectivity index (χ4v) is 9.35. The largest absolute Gasteiger partial charge is 0.396 e. The lowest BCUT2D eigenvalue weighted by molar-refractivity contribution is -0.261. The van der Waals surface area contributed by atoms with Crippen LogP contribution < -0.4 is 0 Å². The van der Waals surface area contributed by atoms with Crippen molar-refractivity contribution in [2.75, 3.05) is 33.0 Å². The molecule has 0 aromatic heterocycles. The zero-order valence-corrected chi connectivity index (χ0v) is 18.0. The van der Waals surface area contributed by atoms with E-state index in [2.05, 4.69) is 6.92 Å². The van der Waals surface area contributed by atoms with E-state index >= 15 is 0 Å². The Balaban J connectivity index is 1.31. The molecule has 6 rings (SSSR count). The first-order valence-electron chi connectivity index (χ1n) is 12.2. The Bertz CT molecular complexity index is 639. The van der Waals surface area contributed by atoms with Gasteiger partial charge in [-0.05, 0) is 74.0 Å². The predicted molar refractivity (Wildman–Crippen MR) is 107 cm³/mol. The number of aliphatic hydroxyl groups is 1. The van der Waals surface area contributed by atoms with Gasteiger partial charge in [-0.1, -0.05) is 6.92 Å². The second-order valence-electron chi connectivity index (χ2n) is 11.1. The van der Waals surface area contributed by atoms with Gasteiger partial charge in [0.25, 0.3) is 0 Å². The van der Waals surface area contributed by atoms with Crippen molar-refractivity contribution in [3.05, 3.63) is 0 Å². The van der Waals surface area contributed by atoms with E-state index in [1.165, 1.54) is 32.1 Å². The van der Waals surface area contributed by atoms with Gasteiger partial charge >= 0.3 is 0 Å². The van der Waals surface area contributed by atoms with Gasteiger partial charge in [0.15, 0.2) is 11.6 Å². The normalized spacial score (nSPS) is 49.9. The molecule has 29 heavy (non-hydrogen) atoms. The van der Waals surface area contributed by atoms with Crippen LogP contribution in [0.1, 0.15) is 71.1 Å². The van der Waals surface area contributed by atoms with Crippen molar-refractivity contribution in [2.24, 2.45) is 34.5 Å². The number of rotatable bonds is 2. The summed E-state index contributed by atoms with van der Waals surface area (Å²) in [6.07, 6.45) is 11.5. The number of hydrogen-bond acceptors (Lipinski definition) is 5. The molecule has 1 N–H and O–H groups in total. The second-order valence-corrected chi connectivity index (χ2v) is 11.1. The molecule has 5 nitrogen and oxygen atoms in total. The molecule has 164 valence electrons. The van der Waals surface area contributed by atoms with E-state index in [0.29, 0.717) is 18.4 Å².